The third-order valence-electron chi connectivity index (χ3n) is 5.59. The van der Waals surface area contributed by atoms with Crippen molar-refractivity contribution in [3.8, 4) is 11.5 Å². The Morgan fingerprint density at radius 1 is 0.871 bits per heavy atom. The average Bonchev–Trinajstić information content (AvgIpc) is 2.74. The van der Waals surface area contributed by atoms with Crippen molar-refractivity contribution in [2.45, 2.75) is 45.9 Å². The number of ether oxygens (including phenoxy) is 2. The molecule has 1 amide bonds. The van der Waals surface area contributed by atoms with Gasteiger partial charge in [0, 0.05) is 13.0 Å². The number of hydrogen-bond acceptors (Lipinski definition) is 5. The third-order valence-corrected chi connectivity index (χ3v) is 7.33. The van der Waals surface area contributed by atoms with Crippen molar-refractivity contribution in [2.24, 2.45) is 0 Å². The average molecular weight is 449 g/mol. The largest absolute Gasteiger partial charge is 0.493 e. The minimum atomic E-state index is -3.72. The summed E-state index contributed by atoms with van der Waals surface area (Å²) >= 11 is 0. The minimum absolute atomic E-state index is 0.0202. The highest BCUT2D eigenvalue weighted by molar-refractivity contribution is 7.89. The molecule has 2 aromatic carbocycles. The van der Waals surface area contributed by atoms with Gasteiger partial charge in [0.05, 0.1) is 18.6 Å². The van der Waals surface area contributed by atoms with Gasteiger partial charge in [-0.2, -0.15) is 0 Å². The number of hydrogen-bond donors (Lipinski definition) is 2. The van der Waals surface area contributed by atoms with Gasteiger partial charge in [0.25, 0.3) is 0 Å². The number of para-hydroxylation sites is 2. The Balaban J connectivity index is 1.85. The van der Waals surface area contributed by atoms with E-state index in [9.17, 15) is 13.2 Å². The number of rotatable bonds is 10. The molecule has 0 aliphatic carbocycles. The van der Waals surface area contributed by atoms with Gasteiger partial charge in [-0.15, -0.1) is 0 Å². The summed E-state index contributed by atoms with van der Waals surface area (Å²) in [4.78, 5) is 12.4. The van der Waals surface area contributed by atoms with Gasteiger partial charge in [-0.1, -0.05) is 12.1 Å². The van der Waals surface area contributed by atoms with Crippen molar-refractivity contribution >= 4 is 15.9 Å². The minimum Gasteiger partial charge on any atom is -0.493 e. The monoisotopic (exact) mass is 448 g/mol. The number of methoxy groups -OCH3 is 1. The fourth-order valence-corrected chi connectivity index (χ4v) is 5.05. The standard InChI is InChI=1S/C23H32N2O5S/c1-15-16(2)18(4)23(19(5)17(15)3)31(27,28)25-12-11-22(26)24-13-14-30-21-10-8-7-9-20(21)29-6/h7-10,25H,11-14H2,1-6H3,(H,24,26). The lowest BCUT2D eigenvalue weighted by atomic mass is 9.95. The predicted octanol–water partition coefficient (Wildman–Crippen LogP) is 3.10. The van der Waals surface area contributed by atoms with Crippen molar-refractivity contribution in [3.63, 3.8) is 0 Å². The lowest BCUT2D eigenvalue weighted by Gasteiger charge is -2.19. The Kier molecular flexibility index (Phi) is 8.47. The molecule has 0 atom stereocenters. The van der Waals surface area contributed by atoms with Crippen molar-refractivity contribution in [2.75, 3.05) is 26.8 Å². The first kappa shape index (κ1) is 24.7. The second-order valence-electron chi connectivity index (χ2n) is 7.45. The van der Waals surface area contributed by atoms with Crippen LogP contribution >= 0.6 is 0 Å². The fourth-order valence-electron chi connectivity index (χ4n) is 3.42. The van der Waals surface area contributed by atoms with E-state index in [0.29, 0.717) is 22.9 Å². The highest BCUT2D eigenvalue weighted by atomic mass is 32.2. The van der Waals surface area contributed by atoms with E-state index in [2.05, 4.69) is 10.0 Å². The first-order valence-corrected chi connectivity index (χ1v) is 11.7. The molecule has 0 aliphatic heterocycles. The lowest BCUT2D eigenvalue weighted by Crippen LogP contribution is -2.33. The van der Waals surface area contributed by atoms with Crippen LogP contribution in [0.2, 0.25) is 0 Å². The van der Waals surface area contributed by atoms with E-state index in [-0.39, 0.29) is 25.5 Å². The summed E-state index contributed by atoms with van der Waals surface area (Å²) in [5.41, 5.74) is 4.52. The Labute approximate surface area is 185 Å². The quantitative estimate of drug-likeness (QED) is 0.545. The first-order chi connectivity index (χ1) is 14.6. The number of sulfonamides is 1. The summed E-state index contributed by atoms with van der Waals surface area (Å²) in [6, 6.07) is 7.26. The molecular weight excluding hydrogens is 416 g/mol. The second kappa shape index (κ2) is 10.6. The van der Waals surface area contributed by atoms with Gasteiger partial charge < -0.3 is 14.8 Å². The summed E-state index contributed by atoms with van der Waals surface area (Å²) in [6.45, 7) is 10.1. The fraction of sp³-hybridized carbons (Fsp3) is 0.435. The molecule has 0 aromatic heterocycles. The van der Waals surface area contributed by atoms with Gasteiger partial charge in [-0.25, -0.2) is 13.1 Å². The molecule has 0 radical (unpaired) electrons. The first-order valence-electron chi connectivity index (χ1n) is 10.2. The van der Waals surface area contributed by atoms with Crippen LogP contribution in [0.1, 0.15) is 34.2 Å². The molecule has 0 saturated heterocycles. The maximum Gasteiger partial charge on any atom is 0.241 e. The maximum absolute atomic E-state index is 12.9. The van der Waals surface area contributed by atoms with Gasteiger partial charge in [0.15, 0.2) is 11.5 Å². The van der Waals surface area contributed by atoms with Crippen molar-refractivity contribution < 1.29 is 22.7 Å². The van der Waals surface area contributed by atoms with Gasteiger partial charge in [0.1, 0.15) is 6.61 Å². The second-order valence-corrected chi connectivity index (χ2v) is 9.15. The molecule has 170 valence electrons. The summed E-state index contributed by atoms with van der Waals surface area (Å²) in [6.07, 6.45) is 0.0375. The smallest absolute Gasteiger partial charge is 0.241 e. The topological polar surface area (TPSA) is 93.7 Å². The molecule has 0 unspecified atom stereocenters. The van der Waals surface area contributed by atoms with Crippen LogP contribution in [0, 0.1) is 34.6 Å². The van der Waals surface area contributed by atoms with Crippen LogP contribution in [-0.2, 0) is 14.8 Å². The molecule has 2 aromatic rings. The van der Waals surface area contributed by atoms with Gasteiger partial charge >= 0.3 is 0 Å². The molecule has 2 N–H and O–H groups in total. The van der Waals surface area contributed by atoms with Crippen LogP contribution in [0.5, 0.6) is 11.5 Å². The lowest BCUT2D eigenvalue weighted by molar-refractivity contribution is -0.121. The van der Waals surface area contributed by atoms with E-state index in [1.54, 1.807) is 19.2 Å². The molecule has 7 nitrogen and oxygen atoms in total. The molecule has 8 heteroatoms. The maximum atomic E-state index is 12.9. The van der Waals surface area contributed by atoms with E-state index in [1.165, 1.54) is 0 Å². The normalized spacial score (nSPS) is 11.3. The number of carbonyl (C=O) groups is 1. The summed E-state index contributed by atoms with van der Waals surface area (Å²) < 4.78 is 39.1. The molecule has 0 saturated carbocycles. The third kappa shape index (κ3) is 5.98. The van der Waals surface area contributed by atoms with E-state index in [1.807, 2.05) is 46.8 Å². The van der Waals surface area contributed by atoms with Crippen LogP contribution in [0.15, 0.2) is 29.2 Å². The summed E-state index contributed by atoms with van der Waals surface area (Å²) in [5, 5.41) is 2.73. The Bertz CT molecular complexity index is 1020. The molecular formula is C23H32N2O5S. The van der Waals surface area contributed by atoms with E-state index in [0.717, 1.165) is 27.8 Å². The summed E-state index contributed by atoms with van der Waals surface area (Å²) in [5.74, 6) is 0.966. The van der Waals surface area contributed by atoms with E-state index in [4.69, 9.17) is 9.47 Å². The molecule has 31 heavy (non-hydrogen) atoms. The van der Waals surface area contributed by atoms with E-state index >= 15 is 0 Å². The number of carbonyl (C=O) groups excluding carboxylic acids is 1. The number of nitrogens with one attached hydrogen (secondary N) is 2. The van der Waals surface area contributed by atoms with Crippen molar-refractivity contribution in [1.29, 1.82) is 0 Å². The zero-order chi connectivity index (χ0) is 23.2. The van der Waals surface area contributed by atoms with Crippen molar-refractivity contribution in [1.82, 2.24) is 10.0 Å². The Morgan fingerprint density at radius 2 is 1.42 bits per heavy atom. The Morgan fingerprint density at radius 3 is 2.00 bits per heavy atom. The molecule has 2 rings (SSSR count). The van der Waals surface area contributed by atoms with Crippen LogP contribution in [0.4, 0.5) is 0 Å². The number of amides is 1. The van der Waals surface area contributed by atoms with Crippen LogP contribution < -0.4 is 19.5 Å². The zero-order valence-electron chi connectivity index (χ0n) is 19.1. The van der Waals surface area contributed by atoms with Gasteiger partial charge in [0.2, 0.25) is 15.9 Å². The van der Waals surface area contributed by atoms with Gasteiger partial charge in [-0.05, 0) is 74.6 Å². The van der Waals surface area contributed by atoms with Crippen LogP contribution in [0.3, 0.4) is 0 Å². The highest BCUT2D eigenvalue weighted by Gasteiger charge is 2.23. The van der Waals surface area contributed by atoms with Crippen LogP contribution in [-0.4, -0.2) is 41.1 Å². The highest BCUT2D eigenvalue weighted by Crippen LogP contribution is 2.29. The zero-order valence-corrected chi connectivity index (χ0v) is 19.9. The SMILES string of the molecule is COc1ccccc1OCCNC(=O)CCNS(=O)(=O)c1c(C)c(C)c(C)c(C)c1C. The van der Waals surface area contributed by atoms with Gasteiger partial charge in [-0.3, -0.25) is 4.79 Å². The van der Waals surface area contributed by atoms with E-state index < -0.39 is 10.0 Å². The van der Waals surface area contributed by atoms with Crippen molar-refractivity contribution in [3.05, 3.63) is 52.1 Å². The molecule has 0 bridgehead atoms. The van der Waals surface area contributed by atoms with Crippen LogP contribution in [0.25, 0.3) is 0 Å². The molecule has 0 heterocycles. The molecule has 0 aliphatic rings. The molecule has 0 spiro atoms. The summed E-state index contributed by atoms with van der Waals surface area (Å²) in [7, 11) is -2.15. The molecule has 0 fully saturated rings. The number of benzene rings is 2. The predicted molar refractivity (Wildman–Crippen MR) is 121 cm³/mol. The Hall–Kier alpha value is -2.58.